The average Bonchev–Trinajstić information content (AvgIpc) is 0.810. The molecule has 3 aromatic carbocycles. The highest BCUT2D eigenvalue weighted by Gasteiger charge is 2.39. The van der Waals surface area contributed by atoms with Crippen LogP contribution in [0.15, 0.2) is 91.1 Å². The molecule has 0 bridgehead atoms. The first-order valence-electron chi connectivity index (χ1n) is 49.2. The maximum Gasteiger partial charge on any atom is 0.415 e. The van der Waals surface area contributed by atoms with Gasteiger partial charge in [0.25, 0.3) is 0 Å². The molecule has 3 heterocycles. The van der Waals surface area contributed by atoms with Gasteiger partial charge in [-0.25, -0.2) is 24.0 Å². The van der Waals surface area contributed by atoms with Crippen LogP contribution in [-0.2, 0) is 86.3 Å². The second-order valence-corrected chi connectivity index (χ2v) is 37.3. The third-order valence-electron chi connectivity index (χ3n) is 21.6. The number of carbonyl (C=O) groups excluding carboxylic acids is 10. The Morgan fingerprint density at radius 2 is 0.759 bits per heavy atom. The van der Waals surface area contributed by atoms with E-state index < -0.39 is 53.7 Å². The number of hydrogen-bond acceptors (Lipinski definition) is 27. The number of benzene rings is 3. The minimum absolute atomic E-state index is 0.00316. The standard InChI is InChI=1S/C36H58N4O9.C31H50N4O7.C30H48N4O6.C6H12O4/c1-27(2)13-11-9-10-12-14-32(41)37-24-28-15-16-30(31(23-28)46-8)48-35(44)40-19-18-39(33(42)17-20-47-22-21-45-7)26-29(40)25-38(6)34(43)49-36(3,4)5;1-24(2)10-8-6-7-9-11-29(36)33-21-25-12-13-27(28(20-25)40-5)42-31(38)35-16-15-34(23-26(35)22-32-3)30(37)14-17-41-19-18-39-4;1-22(2)12-10-8-9-11-13-27(35)32-19-23-14-15-25(26(18-23)38-7)39-29(37)34-17-16-31-20-24(34)21-33(6)28(36)40-30(3,4)5;1-9-4-5-10-3-2-6(7)8/h11,13,15-16,23,27,29H,9-10,12,14,17-22,24-26H2,1-8H3,(H,37,41);8,10,12-13,20,24,26,32H,6-7,9,11,14-19,21-23H2,1-5H3,(H,33,36);10,12,14-15,18,22,24,31H,8-9,11,13,16-17,19-21H2,1-7H3,(H,32,35);2-5H2,1H3,(H,7,8)/b13-11+;10-8+;12-10+;. The van der Waals surface area contributed by atoms with Crippen molar-refractivity contribution in [3.8, 4) is 34.5 Å². The fraction of sp³-hybridized carbons (Fsp3) is 0.660. The van der Waals surface area contributed by atoms with Gasteiger partial charge in [0.15, 0.2) is 34.5 Å². The van der Waals surface area contributed by atoms with Crippen LogP contribution in [0.2, 0.25) is 0 Å². The van der Waals surface area contributed by atoms with Gasteiger partial charge < -0.3 is 127 Å². The van der Waals surface area contributed by atoms with Gasteiger partial charge in [-0.15, -0.1) is 0 Å². The lowest BCUT2D eigenvalue weighted by atomic mass is 10.1. The maximum atomic E-state index is 13.6. The molecule has 0 radical (unpaired) electrons. The number of carbonyl (C=O) groups is 11. The summed E-state index contributed by atoms with van der Waals surface area (Å²) in [6, 6.07) is 14.5. The van der Waals surface area contributed by atoms with Gasteiger partial charge in [0.1, 0.15) is 11.2 Å². The van der Waals surface area contributed by atoms with Crippen LogP contribution in [0.4, 0.5) is 24.0 Å². The van der Waals surface area contributed by atoms with Crippen LogP contribution in [0.5, 0.6) is 34.5 Å². The highest BCUT2D eigenvalue weighted by molar-refractivity contribution is 5.80. The number of likely N-dealkylation sites (N-methyl/N-ethyl adjacent to an activating group) is 3. The molecule has 6 rings (SSSR count). The zero-order valence-electron chi connectivity index (χ0n) is 88.0. The summed E-state index contributed by atoms with van der Waals surface area (Å²) in [7, 11) is 14.3. The first kappa shape index (κ1) is 124. The van der Waals surface area contributed by atoms with Gasteiger partial charge in [-0.1, -0.05) is 96.2 Å². The van der Waals surface area contributed by atoms with Crippen molar-refractivity contribution in [1.82, 2.24) is 60.9 Å². The SMILES string of the molecule is CNCC1CN(C(=O)CCOCCOC)CCN1C(=O)Oc1ccc(CNC(=O)CCCC/C=C/C(C)C)cc1OC.COCCOCCC(=O)N1CCN(C(=O)Oc2ccc(CNC(=O)CCCC/C=C/C(C)C)cc2OC)C(CN(C)C(=O)OC(C)(C)C)C1.COCCOCCC(=O)O.COc1cc(CNC(=O)CCCC/C=C/C(C)C)ccc1OC(=O)N1CCNCC1CN(C)C(=O)OC(C)(C)C. The first-order valence-corrected chi connectivity index (χ1v) is 49.2. The number of allylic oxidation sites excluding steroid dienone is 6. The van der Waals surface area contributed by atoms with E-state index >= 15 is 0 Å². The van der Waals surface area contributed by atoms with Crippen molar-refractivity contribution in [3.05, 3.63) is 108 Å². The van der Waals surface area contributed by atoms with Gasteiger partial charge in [0, 0.05) is 153 Å². The number of hydrogen-bond donors (Lipinski definition) is 6. The summed E-state index contributed by atoms with van der Waals surface area (Å²) in [6.07, 6.45) is 20.7. The number of rotatable bonds is 54. The predicted octanol–water partition coefficient (Wildman–Crippen LogP) is 13.2. The van der Waals surface area contributed by atoms with Gasteiger partial charge in [-0.3, -0.25) is 33.7 Å². The molecule has 141 heavy (non-hydrogen) atoms. The number of carboxylic acid groups (broad SMARTS) is 1. The Balaban J connectivity index is 0.000000519. The lowest BCUT2D eigenvalue weighted by Crippen LogP contribution is -2.60. The third-order valence-corrected chi connectivity index (χ3v) is 21.6. The number of ether oxygens (including phenoxy) is 14. The highest BCUT2D eigenvalue weighted by atomic mass is 16.6. The number of nitrogens with zero attached hydrogens (tertiary/aromatic N) is 7. The van der Waals surface area contributed by atoms with Crippen LogP contribution in [0.3, 0.4) is 0 Å². The van der Waals surface area contributed by atoms with E-state index in [-0.39, 0.29) is 105 Å². The molecule has 38 nitrogen and oxygen atoms in total. The highest BCUT2D eigenvalue weighted by Crippen LogP contribution is 2.33. The fourth-order valence-electron chi connectivity index (χ4n) is 14.2. The van der Waals surface area contributed by atoms with Crippen LogP contribution >= 0.6 is 0 Å². The Kier molecular flexibility index (Phi) is 62.3. The van der Waals surface area contributed by atoms with E-state index in [1.54, 1.807) is 137 Å². The largest absolute Gasteiger partial charge is 0.493 e. The molecular formula is C103H168N12O26. The predicted molar refractivity (Wildman–Crippen MR) is 539 cm³/mol. The van der Waals surface area contributed by atoms with Crippen molar-refractivity contribution in [3.63, 3.8) is 0 Å². The van der Waals surface area contributed by atoms with E-state index in [9.17, 15) is 52.7 Å². The molecule has 38 heteroatoms. The lowest BCUT2D eigenvalue weighted by Gasteiger charge is -2.42. The maximum absolute atomic E-state index is 13.6. The number of nitrogens with one attached hydrogen (secondary N) is 5. The minimum Gasteiger partial charge on any atom is -0.493 e. The molecule has 3 aliphatic rings. The second kappa shape index (κ2) is 70.7. The van der Waals surface area contributed by atoms with Crippen LogP contribution in [-0.4, -0.2) is 337 Å². The van der Waals surface area contributed by atoms with E-state index in [0.717, 1.165) is 74.5 Å². The zero-order valence-corrected chi connectivity index (χ0v) is 88.0. The summed E-state index contributed by atoms with van der Waals surface area (Å²) in [4.78, 5) is 149. The monoisotopic (exact) mass is 1990 g/mol. The molecule has 3 aromatic rings. The Morgan fingerprint density at radius 3 is 1.09 bits per heavy atom. The summed E-state index contributed by atoms with van der Waals surface area (Å²) >= 11 is 0. The first-order chi connectivity index (χ1) is 67.2. The van der Waals surface area contributed by atoms with Crippen LogP contribution in [0, 0.1) is 17.8 Å². The van der Waals surface area contributed by atoms with E-state index in [1.165, 1.54) is 36.0 Å². The molecule has 0 aliphatic carbocycles. The Bertz CT molecular complexity index is 4270. The molecule has 3 atom stereocenters. The van der Waals surface area contributed by atoms with Crippen molar-refractivity contribution >= 4 is 66.0 Å². The molecule has 3 fully saturated rings. The summed E-state index contributed by atoms with van der Waals surface area (Å²) < 4.78 is 75.0. The van der Waals surface area contributed by atoms with Gasteiger partial charge >= 0.3 is 36.4 Å². The quantitative estimate of drug-likeness (QED) is 0.0226. The van der Waals surface area contributed by atoms with E-state index in [0.29, 0.717) is 185 Å². The number of aliphatic carboxylic acids is 1. The molecule has 3 saturated heterocycles. The summed E-state index contributed by atoms with van der Waals surface area (Å²) in [5.74, 6) is 2.57. The number of piperazine rings is 3. The van der Waals surface area contributed by atoms with Crippen molar-refractivity contribution in [2.24, 2.45) is 17.8 Å². The Hall–Kier alpha value is -10.9. The zero-order chi connectivity index (χ0) is 105. The minimum atomic E-state index is -0.836. The molecule has 0 spiro atoms. The van der Waals surface area contributed by atoms with Gasteiger partial charge in [-0.05, 0) is 177 Å². The van der Waals surface area contributed by atoms with Crippen molar-refractivity contribution < 1.29 is 124 Å². The summed E-state index contributed by atoms with van der Waals surface area (Å²) in [6.45, 7) is 32.6. The molecular weight excluding hydrogens is 1820 g/mol. The smallest absolute Gasteiger partial charge is 0.415 e. The van der Waals surface area contributed by atoms with E-state index in [1.807, 2.05) is 20.8 Å². The fourth-order valence-corrected chi connectivity index (χ4v) is 14.2. The van der Waals surface area contributed by atoms with Crippen molar-refractivity contribution in [2.75, 3.05) is 202 Å². The van der Waals surface area contributed by atoms with E-state index in [4.69, 9.17) is 66.7 Å². The second-order valence-electron chi connectivity index (χ2n) is 37.3. The molecule has 3 aliphatic heterocycles. The molecule has 10 amide bonds. The van der Waals surface area contributed by atoms with Crippen LogP contribution < -0.4 is 55.0 Å². The van der Waals surface area contributed by atoms with Crippen LogP contribution in [0.1, 0.15) is 196 Å². The topological polar surface area (TPSA) is 420 Å². The molecule has 796 valence electrons. The summed E-state index contributed by atoms with van der Waals surface area (Å²) in [5, 5.41) is 23.3. The molecule has 0 saturated carbocycles. The Labute approximate surface area is 837 Å². The number of unbranched alkanes of at least 4 members (excludes halogenated alkanes) is 6. The van der Waals surface area contributed by atoms with E-state index in [2.05, 4.69) is 109 Å². The number of carboxylic acids is 1. The number of methoxy groups -OCH3 is 6. The van der Waals surface area contributed by atoms with Crippen molar-refractivity contribution in [2.45, 2.75) is 228 Å². The lowest BCUT2D eigenvalue weighted by molar-refractivity contribution is -0.138. The molecule has 3 unspecified atom stereocenters. The van der Waals surface area contributed by atoms with Crippen LogP contribution in [0.25, 0.3) is 0 Å². The summed E-state index contributed by atoms with van der Waals surface area (Å²) in [5.41, 5.74) is 1.16. The number of amides is 10. The third kappa shape index (κ3) is 54.8. The normalized spacial score (nSPS) is 14.9. The Morgan fingerprint density at radius 1 is 0.426 bits per heavy atom. The molecule has 0 aromatic heterocycles. The van der Waals surface area contributed by atoms with Crippen molar-refractivity contribution in [1.29, 1.82) is 0 Å². The van der Waals surface area contributed by atoms with Gasteiger partial charge in [0.2, 0.25) is 29.5 Å². The van der Waals surface area contributed by atoms with Gasteiger partial charge in [0.05, 0.1) is 118 Å². The van der Waals surface area contributed by atoms with Gasteiger partial charge in [-0.2, -0.15) is 0 Å². The average molecular weight is 1990 g/mol. The molecule has 6 N–H and O–H groups in total.